The number of carbonyl (C=O) groups is 1. The van der Waals surface area contributed by atoms with Crippen molar-refractivity contribution < 1.29 is 33.3 Å². The van der Waals surface area contributed by atoms with Crippen LogP contribution in [0.15, 0.2) is 42.6 Å². The molecule has 0 aliphatic carbocycles. The number of para-hydroxylation sites is 1. The van der Waals surface area contributed by atoms with Crippen LogP contribution in [-0.2, 0) is 6.54 Å². The van der Waals surface area contributed by atoms with Gasteiger partial charge in [-0.2, -0.15) is 16.3 Å². The Labute approximate surface area is 266 Å². The van der Waals surface area contributed by atoms with Crippen molar-refractivity contribution in [1.29, 1.82) is 0 Å². The molecule has 1 aromatic carbocycles. The molecule has 1 unspecified atom stereocenters. The second-order valence-corrected chi connectivity index (χ2v) is 12.1. The van der Waals surface area contributed by atoms with Gasteiger partial charge in [0.1, 0.15) is 6.54 Å². The topological polar surface area (TPSA) is 57.0 Å². The predicted octanol–water partition coefficient (Wildman–Crippen LogP) is 4.62. The number of halogens is 1. The van der Waals surface area contributed by atoms with Gasteiger partial charge in [-0.25, -0.2) is 4.79 Å². The SMILES string of the molecule is CCCCCCCCCCCCCCCCSCC(CNCCC[n+]1cccc2ccccc21)NC(=O)NC.[I-]. The molecule has 1 aromatic heterocycles. The van der Waals surface area contributed by atoms with Crippen molar-refractivity contribution in [2.45, 2.75) is 116 Å². The van der Waals surface area contributed by atoms with E-state index in [1.54, 1.807) is 7.05 Å². The van der Waals surface area contributed by atoms with E-state index in [0.29, 0.717) is 0 Å². The molecule has 0 aliphatic heterocycles. The van der Waals surface area contributed by atoms with E-state index in [1.165, 1.54) is 107 Å². The predicted molar refractivity (Wildman–Crippen MR) is 171 cm³/mol. The van der Waals surface area contributed by atoms with Gasteiger partial charge in [0, 0.05) is 49.8 Å². The second-order valence-electron chi connectivity index (χ2n) is 10.9. The third-order valence-electron chi connectivity index (χ3n) is 7.45. The first-order valence-electron chi connectivity index (χ1n) is 15.9. The molecule has 0 fully saturated rings. The van der Waals surface area contributed by atoms with E-state index in [4.69, 9.17) is 0 Å². The summed E-state index contributed by atoms with van der Waals surface area (Å²) in [5, 5.41) is 10.7. The van der Waals surface area contributed by atoms with Crippen LogP contribution in [0.3, 0.4) is 0 Å². The Morgan fingerprint density at radius 1 is 0.825 bits per heavy atom. The number of urea groups is 1. The molecule has 1 heterocycles. The number of rotatable bonds is 24. The average molecular weight is 685 g/mol. The van der Waals surface area contributed by atoms with Crippen LogP contribution in [0.1, 0.15) is 103 Å². The zero-order valence-corrected chi connectivity index (χ0v) is 28.4. The van der Waals surface area contributed by atoms with Crippen LogP contribution in [0.5, 0.6) is 0 Å². The number of nitrogens with one attached hydrogen (secondary N) is 3. The number of benzene rings is 1. The van der Waals surface area contributed by atoms with E-state index in [2.05, 4.69) is 70.0 Å². The second kappa shape index (κ2) is 25.6. The molecule has 40 heavy (non-hydrogen) atoms. The molecule has 7 heteroatoms. The molecule has 2 amide bonds. The number of hydrogen-bond donors (Lipinski definition) is 3. The lowest BCUT2D eigenvalue weighted by molar-refractivity contribution is -0.671. The van der Waals surface area contributed by atoms with Crippen molar-refractivity contribution in [2.75, 3.05) is 31.6 Å². The average Bonchev–Trinajstić information content (AvgIpc) is 2.96. The molecule has 0 aliphatic rings. The molecule has 0 saturated carbocycles. The lowest BCUT2D eigenvalue weighted by Gasteiger charge is -2.19. The molecule has 0 spiro atoms. The molecule has 2 rings (SSSR count). The Bertz CT molecular complexity index is 879. The fraction of sp³-hybridized carbons (Fsp3) is 0.697. The monoisotopic (exact) mass is 684 g/mol. The van der Waals surface area contributed by atoms with Crippen molar-refractivity contribution >= 4 is 28.7 Å². The van der Waals surface area contributed by atoms with Gasteiger partial charge in [0.05, 0.1) is 6.04 Å². The summed E-state index contributed by atoms with van der Waals surface area (Å²) in [5.41, 5.74) is 1.28. The first-order valence-corrected chi connectivity index (χ1v) is 17.0. The summed E-state index contributed by atoms with van der Waals surface area (Å²) in [6, 6.07) is 12.9. The minimum absolute atomic E-state index is 0. The van der Waals surface area contributed by atoms with Crippen LogP contribution in [0.2, 0.25) is 0 Å². The number of aromatic nitrogens is 1. The normalized spacial score (nSPS) is 11.8. The maximum absolute atomic E-state index is 11.9. The molecule has 3 N–H and O–H groups in total. The van der Waals surface area contributed by atoms with Gasteiger partial charge in [-0.1, -0.05) is 103 Å². The smallest absolute Gasteiger partial charge is 0.314 e. The van der Waals surface area contributed by atoms with Crippen molar-refractivity contribution in [3.8, 4) is 0 Å². The standard InChI is InChI=1S/C33H56N4OS.HI/c1-3-4-5-6-7-8-9-10-11-12-13-14-15-18-27-39-29-31(36-33(38)34-2)28-35-24-20-26-37-25-19-22-30-21-16-17-23-32(30)37;/h16-17,19,21-23,25,31,35H,3-15,18,20,24,26-29H2,1-2H3,(H-,34,36,38);1H. The van der Waals surface area contributed by atoms with Gasteiger partial charge >= 0.3 is 6.03 Å². The molecular weight excluding hydrogens is 627 g/mol. The van der Waals surface area contributed by atoms with Gasteiger partial charge in [0.25, 0.3) is 0 Å². The fourth-order valence-electron chi connectivity index (χ4n) is 5.10. The first-order chi connectivity index (χ1) is 19.2. The number of unbranched alkanes of at least 4 members (excludes halogenated alkanes) is 13. The van der Waals surface area contributed by atoms with Crippen LogP contribution in [0.4, 0.5) is 4.79 Å². The minimum atomic E-state index is -0.0924. The minimum Gasteiger partial charge on any atom is -1.00 e. The van der Waals surface area contributed by atoms with Crippen LogP contribution in [0.25, 0.3) is 10.9 Å². The molecule has 2 aromatic rings. The summed E-state index contributed by atoms with van der Waals surface area (Å²) in [5.74, 6) is 2.14. The maximum atomic E-state index is 11.9. The van der Waals surface area contributed by atoms with E-state index >= 15 is 0 Å². The van der Waals surface area contributed by atoms with Gasteiger partial charge in [-0.3, -0.25) is 0 Å². The molecule has 0 saturated heterocycles. The number of carbonyl (C=O) groups excluding carboxylic acids is 1. The molecule has 228 valence electrons. The molecule has 0 bridgehead atoms. The summed E-state index contributed by atoms with van der Waals surface area (Å²) in [7, 11) is 1.68. The van der Waals surface area contributed by atoms with Crippen LogP contribution in [-0.4, -0.2) is 43.7 Å². The molecular formula is C33H57IN4OS. The third kappa shape index (κ3) is 17.7. The number of fused-ring (bicyclic) bond motifs is 1. The highest BCUT2D eigenvalue weighted by Gasteiger charge is 2.12. The highest BCUT2D eigenvalue weighted by atomic mass is 127. The fourth-order valence-corrected chi connectivity index (χ4v) is 6.16. The number of amides is 2. The Morgan fingerprint density at radius 2 is 1.43 bits per heavy atom. The number of pyridine rings is 1. The Kier molecular flexibility index (Phi) is 23.7. The number of hydrogen-bond acceptors (Lipinski definition) is 3. The van der Waals surface area contributed by atoms with E-state index in [9.17, 15) is 4.79 Å². The third-order valence-corrected chi connectivity index (χ3v) is 8.67. The van der Waals surface area contributed by atoms with Gasteiger partial charge in [0.15, 0.2) is 6.20 Å². The number of nitrogens with zero attached hydrogens (tertiary/aromatic N) is 1. The number of aryl methyl sites for hydroxylation is 1. The van der Waals surface area contributed by atoms with Crippen molar-refractivity contribution in [2.24, 2.45) is 0 Å². The van der Waals surface area contributed by atoms with Crippen molar-refractivity contribution in [3.63, 3.8) is 0 Å². The van der Waals surface area contributed by atoms with Gasteiger partial charge in [0.2, 0.25) is 5.52 Å². The summed E-state index contributed by atoms with van der Waals surface area (Å²) in [4.78, 5) is 11.9. The quantitative estimate of drug-likeness (QED) is 0.0860. The van der Waals surface area contributed by atoms with Crippen LogP contribution < -0.4 is 44.5 Å². The lowest BCUT2D eigenvalue weighted by atomic mass is 10.0. The highest BCUT2D eigenvalue weighted by Crippen LogP contribution is 2.14. The van der Waals surface area contributed by atoms with Gasteiger partial charge in [-0.05, 0) is 24.3 Å². The molecule has 5 nitrogen and oxygen atoms in total. The summed E-state index contributed by atoms with van der Waals surface area (Å²) in [6.45, 7) is 5.01. The Balaban J connectivity index is 0.00000800. The van der Waals surface area contributed by atoms with Crippen molar-refractivity contribution in [1.82, 2.24) is 16.0 Å². The highest BCUT2D eigenvalue weighted by molar-refractivity contribution is 7.99. The first kappa shape index (κ1) is 37.0. The molecule has 0 radical (unpaired) electrons. The summed E-state index contributed by atoms with van der Waals surface area (Å²) in [6.07, 6.45) is 22.8. The zero-order chi connectivity index (χ0) is 27.8. The summed E-state index contributed by atoms with van der Waals surface area (Å²) >= 11 is 1.97. The Hall–Kier alpha value is -1.06. The van der Waals surface area contributed by atoms with Gasteiger partial charge < -0.3 is 39.9 Å². The molecule has 1 atom stereocenters. The largest absolute Gasteiger partial charge is 1.00 e. The lowest BCUT2D eigenvalue weighted by Crippen LogP contribution is -3.00. The maximum Gasteiger partial charge on any atom is 0.314 e. The van der Waals surface area contributed by atoms with Crippen LogP contribution in [0, 0.1) is 0 Å². The number of thioether (sulfide) groups is 1. The van der Waals surface area contributed by atoms with E-state index in [0.717, 1.165) is 31.8 Å². The van der Waals surface area contributed by atoms with E-state index in [1.807, 2.05) is 11.8 Å². The summed E-state index contributed by atoms with van der Waals surface area (Å²) < 4.78 is 2.32. The van der Waals surface area contributed by atoms with Crippen molar-refractivity contribution in [3.05, 3.63) is 42.6 Å². The van der Waals surface area contributed by atoms with E-state index in [-0.39, 0.29) is 36.0 Å². The van der Waals surface area contributed by atoms with Gasteiger partial charge in [-0.15, -0.1) is 0 Å². The zero-order valence-electron chi connectivity index (χ0n) is 25.4. The Morgan fingerprint density at radius 3 is 2.08 bits per heavy atom. The van der Waals surface area contributed by atoms with Crippen LogP contribution >= 0.6 is 11.8 Å². The van der Waals surface area contributed by atoms with E-state index < -0.39 is 0 Å².